The first-order valence-electron chi connectivity index (χ1n) is 10.5. The number of aryl methyl sites for hydroxylation is 2. The number of phenols is 1. The van der Waals surface area contributed by atoms with E-state index in [9.17, 15) is 5.11 Å². The molecule has 0 spiro atoms. The van der Waals surface area contributed by atoms with Gasteiger partial charge in [0.25, 0.3) is 5.22 Å². The molecule has 6 heteroatoms. The van der Waals surface area contributed by atoms with E-state index < -0.39 is 0 Å². The van der Waals surface area contributed by atoms with Crippen LogP contribution in [-0.4, -0.2) is 15.3 Å². The largest absolute Gasteiger partial charge is 0.507 e. The van der Waals surface area contributed by atoms with Crippen molar-refractivity contribution in [3.05, 3.63) is 69.6 Å². The predicted molar refractivity (Wildman–Crippen MR) is 128 cm³/mol. The van der Waals surface area contributed by atoms with Crippen LogP contribution in [-0.2, 0) is 29.4 Å². The molecule has 0 atom stereocenters. The van der Waals surface area contributed by atoms with Crippen LogP contribution in [0.5, 0.6) is 5.75 Å². The number of phenolic OH excluding ortho intramolecular Hbond substituents is 1. The predicted octanol–water partition coefficient (Wildman–Crippen LogP) is 7.10. The van der Waals surface area contributed by atoms with Crippen LogP contribution in [0.3, 0.4) is 0 Å². The van der Waals surface area contributed by atoms with Crippen molar-refractivity contribution in [3.63, 3.8) is 0 Å². The molecule has 0 aliphatic heterocycles. The number of benzene rings is 2. The first-order chi connectivity index (χ1) is 14.4. The number of thioether (sulfide) groups is 1. The second kappa shape index (κ2) is 9.25. The van der Waals surface area contributed by atoms with Gasteiger partial charge in [0, 0.05) is 17.2 Å². The number of nitrogens with zero attached hydrogens (tertiary/aromatic N) is 2. The molecule has 0 fully saturated rings. The minimum absolute atomic E-state index is 0.143. The Morgan fingerprint density at radius 3 is 2.00 bits per heavy atom. The van der Waals surface area contributed by atoms with E-state index in [0.29, 0.717) is 23.3 Å². The molecule has 0 aliphatic carbocycles. The van der Waals surface area contributed by atoms with Crippen LogP contribution in [0.2, 0.25) is 5.02 Å². The molecule has 0 saturated carbocycles. The number of aromatic hydroxyl groups is 1. The van der Waals surface area contributed by atoms with Crippen LogP contribution in [0.4, 0.5) is 0 Å². The van der Waals surface area contributed by atoms with Gasteiger partial charge >= 0.3 is 0 Å². The van der Waals surface area contributed by atoms with Gasteiger partial charge in [-0.05, 0) is 51.6 Å². The van der Waals surface area contributed by atoms with Gasteiger partial charge in [-0.3, -0.25) is 0 Å². The normalized spacial score (nSPS) is 12.4. The maximum atomic E-state index is 10.9. The highest BCUT2D eigenvalue weighted by molar-refractivity contribution is 7.98. The van der Waals surface area contributed by atoms with Crippen molar-refractivity contribution in [1.82, 2.24) is 10.2 Å². The Bertz CT molecular complexity index is 996. The Balaban J connectivity index is 1.70. The lowest BCUT2D eigenvalue weighted by Gasteiger charge is -2.28. The number of halogens is 1. The molecule has 1 aromatic heterocycles. The fraction of sp³-hybridized carbons (Fsp3) is 0.440. The average Bonchev–Trinajstić information content (AvgIpc) is 3.13. The van der Waals surface area contributed by atoms with Gasteiger partial charge in [0.05, 0.1) is 0 Å². The minimum atomic E-state index is -0.143. The summed E-state index contributed by atoms with van der Waals surface area (Å²) in [6, 6.07) is 12.0. The molecule has 1 heterocycles. The SMILES string of the molecule is CC(C)(C)c1cc(CCc2nnc(SCc3ccc(Cl)cc3)o2)cc(C(C)(C)C)c1O. The van der Waals surface area contributed by atoms with Crippen molar-refractivity contribution in [2.24, 2.45) is 0 Å². The van der Waals surface area contributed by atoms with Crippen LogP contribution >= 0.6 is 23.4 Å². The number of hydrogen-bond donors (Lipinski definition) is 1. The van der Waals surface area contributed by atoms with Gasteiger partial charge in [-0.25, -0.2) is 0 Å². The van der Waals surface area contributed by atoms with Crippen LogP contribution in [0.25, 0.3) is 0 Å². The Kier molecular flexibility index (Phi) is 7.07. The molecule has 31 heavy (non-hydrogen) atoms. The number of rotatable bonds is 6. The van der Waals surface area contributed by atoms with E-state index in [-0.39, 0.29) is 10.8 Å². The summed E-state index contributed by atoms with van der Waals surface area (Å²) in [4.78, 5) is 0. The molecule has 1 N–H and O–H groups in total. The van der Waals surface area contributed by atoms with Crippen molar-refractivity contribution in [3.8, 4) is 5.75 Å². The molecule has 0 unspecified atom stereocenters. The molecule has 3 aromatic rings. The summed E-state index contributed by atoms with van der Waals surface area (Å²) in [5.74, 6) is 1.78. The number of aromatic nitrogens is 2. The lowest BCUT2D eigenvalue weighted by molar-refractivity contribution is 0.412. The van der Waals surface area contributed by atoms with E-state index >= 15 is 0 Å². The van der Waals surface area contributed by atoms with Crippen LogP contribution in [0.15, 0.2) is 46.0 Å². The van der Waals surface area contributed by atoms with Crippen molar-refractivity contribution < 1.29 is 9.52 Å². The van der Waals surface area contributed by atoms with E-state index in [1.807, 2.05) is 24.3 Å². The van der Waals surface area contributed by atoms with Gasteiger partial charge in [0.15, 0.2) is 0 Å². The molecule has 0 amide bonds. The third-order valence-electron chi connectivity index (χ3n) is 5.14. The standard InChI is InChI=1S/C25H31ClN2O2S/c1-24(2,3)19-13-17(14-20(22(19)29)25(4,5)6)9-12-21-27-28-23(30-21)31-15-16-7-10-18(26)11-8-16/h7-8,10-11,13-14,29H,9,12,15H2,1-6H3. The second-order valence-electron chi connectivity index (χ2n) is 9.92. The van der Waals surface area contributed by atoms with Crippen molar-refractivity contribution in [2.75, 3.05) is 0 Å². The summed E-state index contributed by atoms with van der Waals surface area (Å²) >= 11 is 7.45. The summed E-state index contributed by atoms with van der Waals surface area (Å²) in [5, 5.41) is 20.6. The summed E-state index contributed by atoms with van der Waals surface area (Å²) in [5.41, 5.74) is 3.98. The first-order valence-corrected chi connectivity index (χ1v) is 11.9. The van der Waals surface area contributed by atoms with Crippen molar-refractivity contribution in [2.45, 2.75) is 76.2 Å². The quantitative estimate of drug-likeness (QED) is 0.399. The van der Waals surface area contributed by atoms with E-state index in [0.717, 1.165) is 33.9 Å². The molecule has 0 radical (unpaired) electrons. The van der Waals surface area contributed by atoms with Gasteiger partial charge in [-0.1, -0.05) is 89.2 Å². The van der Waals surface area contributed by atoms with E-state index in [1.54, 1.807) is 0 Å². The fourth-order valence-corrected chi connectivity index (χ4v) is 4.22. The van der Waals surface area contributed by atoms with Crippen molar-refractivity contribution in [1.29, 1.82) is 0 Å². The maximum Gasteiger partial charge on any atom is 0.276 e. The molecule has 0 bridgehead atoms. The summed E-state index contributed by atoms with van der Waals surface area (Å²) < 4.78 is 5.83. The zero-order valence-corrected chi connectivity index (χ0v) is 20.7. The molecule has 166 valence electrons. The summed E-state index contributed by atoms with van der Waals surface area (Å²) in [6.07, 6.45) is 1.43. The molecule has 3 rings (SSSR count). The van der Waals surface area contributed by atoms with Crippen LogP contribution in [0, 0.1) is 0 Å². The van der Waals surface area contributed by atoms with Gasteiger partial charge in [-0.2, -0.15) is 0 Å². The van der Waals surface area contributed by atoms with Crippen molar-refractivity contribution >= 4 is 23.4 Å². The summed E-state index contributed by atoms with van der Waals surface area (Å²) in [6.45, 7) is 12.8. The number of hydrogen-bond acceptors (Lipinski definition) is 5. The molecular weight excluding hydrogens is 428 g/mol. The molecule has 0 aliphatic rings. The van der Waals surface area contributed by atoms with Gasteiger partial charge in [0.1, 0.15) is 5.75 Å². The summed E-state index contributed by atoms with van der Waals surface area (Å²) in [7, 11) is 0. The molecular formula is C25H31ClN2O2S. The van der Waals surface area contributed by atoms with Crippen LogP contribution < -0.4 is 0 Å². The third-order valence-corrected chi connectivity index (χ3v) is 6.28. The molecule has 2 aromatic carbocycles. The van der Waals surface area contributed by atoms with Crippen LogP contribution in [0.1, 0.15) is 69.7 Å². The Hall–Kier alpha value is -1.98. The zero-order chi connectivity index (χ0) is 22.8. The molecule has 4 nitrogen and oxygen atoms in total. The highest BCUT2D eigenvalue weighted by Gasteiger charge is 2.26. The Labute approximate surface area is 194 Å². The zero-order valence-electron chi connectivity index (χ0n) is 19.1. The second-order valence-corrected chi connectivity index (χ2v) is 11.3. The topological polar surface area (TPSA) is 59.2 Å². The Morgan fingerprint density at radius 1 is 0.871 bits per heavy atom. The monoisotopic (exact) mass is 458 g/mol. The third kappa shape index (κ3) is 6.27. The van der Waals surface area contributed by atoms with E-state index in [2.05, 4.69) is 63.9 Å². The maximum absolute atomic E-state index is 10.9. The Morgan fingerprint density at radius 2 is 1.45 bits per heavy atom. The van der Waals surface area contributed by atoms with Gasteiger partial charge < -0.3 is 9.52 Å². The fourth-order valence-electron chi connectivity index (χ4n) is 3.36. The van der Waals surface area contributed by atoms with Gasteiger partial charge in [0.2, 0.25) is 5.89 Å². The highest BCUT2D eigenvalue weighted by atomic mass is 35.5. The minimum Gasteiger partial charge on any atom is -0.507 e. The smallest absolute Gasteiger partial charge is 0.276 e. The highest BCUT2D eigenvalue weighted by Crippen LogP contribution is 2.40. The van der Waals surface area contributed by atoms with Gasteiger partial charge in [-0.15, -0.1) is 10.2 Å². The lowest BCUT2D eigenvalue weighted by atomic mass is 9.78. The van der Waals surface area contributed by atoms with E-state index in [4.69, 9.17) is 16.0 Å². The van der Waals surface area contributed by atoms with E-state index in [1.165, 1.54) is 17.3 Å². The average molecular weight is 459 g/mol. The lowest BCUT2D eigenvalue weighted by Crippen LogP contribution is -2.18. The molecule has 0 saturated heterocycles. The first kappa shape index (κ1) is 23.7.